The van der Waals surface area contributed by atoms with Crippen molar-refractivity contribution in [3.8, 4) is 5.75 Å². The summed E-state index contributed by atoms with van der Waals surface area (Å²) in [5.41, 5.74) is 2.89. The van der Waals surface area contributed by atoms with Gasteiger partial charge in [-0.15, -0.1) is 0 Å². The second-order valence-electron chi connectivity index (χ2n) is 7.70. The van der Waals surface area contributed by atoms with Crippen LogP contribution in [0.4, 0.5) is 0 Å². The van der Waals surface area contributed by atoms with E-state index >= 15 is 0 Å². The lowest BCUT2D eigenvalue weighted by Crippen LogP contribution is -2.44. The molecule has 1 atom stereocenters. The highest BCUT2D eigenvalue weighted by Crippen LogP contribution is 2.41. The van der Waals surface area contributed by atoms with Crippen molar-refractivity contribution in [3.05, 3.63) is 27.7 Å². The molecule has 1 aromatic rings. The minimum Gasteiger partial charge on any atom is -0.543 e. The SMILES string of the molecule is CC1CNCCc2cc(Br)c(O[Si](C)(C)C(C)(C)C)cc21. The Morgan fingerprint density at radius 3 is 2.57 bits per heavy atom. The van der Waals surface area contributed by atoms with Gasteiger partial charge in [0.1, 0.15) is 5.75 Å². The maximum atomic E-state index is 6.52. The molecular formula is C17H28BrNOSi. The topological polar surface area (TPSA) is 21.3 Å². The Kier molecular flexibility index (Phi) is 4.91. The number of hydrogen-bond donors (Lipinski definition) is 1. The molecule has 0 spiro atoms. The van der Waals surface area contributed by atoms with Crippen LogP contribution in [0.2, 0.25) is 18.1 Å². The molecule has 0 saturated carbocycles. The van der Waals surface area contributed by atoms with Gasteiger partial charge in [-0.1, -0.05) is 27.7 Å². The van der Waals surface area contributed by atoms with Crippen LogP contribution in [0.5, 0.6) is 5.75 Å². The van der Waals surface area contributed by atoms with Crippen molar-refractivity contribution in [1.29, 1.82) is 0 Å². The number of rotatable bonds is 2. The third-order valence-electron chi connectivity index (χ3n) is 4.92. The Morgan fingerprint density at radius 2 is 1.95 bits per heavy atom. The Hall–Kier alpha value is -0.323. The first-order valence-electron chi connectivity index (χ1n) is 7.84. The Labute approximate surface area is 138 Å². The maximum Gasteiger partial charge on any atom is 0.250 e. The van der Waals surface area contributed by atoms with Crippen molar-refractivity contribution >= 4 is 24.2 Å². The van der Waals surface area contributed by atoms with Crippen molar-refractivity contribution in [2.75, 3.05) is 13.1 Å². The molecule has 21 heavy (non-hydrogen) atoms. The highest BCUT2D eigenvalue weighted by Gasteiger charge is 2.39. The van der Waals surface area contributed by atoms with Gasteiger partial charge in [0.25, 0.3) is 8.32 Å². The van der Waals surface area contributed by atoms with Crippen LogP contribution in [0.25, 0.3) is 0 Å². The van der Waals surface area contributed by atoms with Crippen molar-refractivity contribution < 1.29 is 4.43 Å². The second-order valence-corrected chi connectivity index (χ2v) is 13.3. The first-order chi connectivity index (χ1) is 9.62. The summed E-state index contributed by atoms with van der Waals surface area (Å²) < 4.78 is 7.62. The summed E-state index contributed by atoms with van der Waals surface area (Å²) >= 11 is 3.72. The molecule has 0 radical (unpaired) electrons. The molecule has 4 heteroatoms. The number of hydrogen-bond acceptors (Lipinski definition) is 2. The fraction of sp³-hybridized carbons (Fsp3) is 0.647. The van der Waals surface area contributed by atoms with Crippen molar-refractivity contribution in [1.82, 2.24) is 5.32 Å². The molecule has 118 valence electrons. The van der Waals surface area contributed by atoms with E-state index in [2.05, 4.69) is 74.2 Å². The molecule has 2 nitrogen and oxygen atoms in total. The predicted octanol–water partition coefficient (Wildman–Crippen LogP) is 5.08. The lowest BCUT2D eigenvalue weighted by atomic mass is 9.95. The largest absolute Gasteiger partial charge is 0.543 e. The molecule has 0 amide bonds. The molecule has 0 bridgehead atoms. The lowest BCUT2D eigenvalue weighted by Gasteiger charge is -2.37. The van der Waals surface area contributed by atoms with Gasteiger partial charge in [-0.2, -0.15) is 0 Å². The van der Waals surface area contributed by atoms with Gasteiger partial charge in [0.05, 0.1) is 4.47 Å². The molecular weight excluding hydrogens is 342 g/mol. The van der Waals surface area contributed by atoms with E-state index in [0.29, 0.717) is 5.92 Å². The molecule has 1 N–H and O–H groups in total. The predicted molar refractivity (Wildman–Crippen MR) is 97.0 cm³/mol. The Balaban J connectivity index is 2.38. The third-order valence-corrected chi connectivity index (χ3v) is 9.88. The number of halogens is 1. The summed E-state index contributed by atoms with van der Waals surface area (Å²) in [6.07, 6.45) is 1.10. The zero-order valence-corrected chi connectivity index (χ0v) is 16.7. The average molecular weight is 370 g/mol. The molecule has 0 saturated heterocycles. The van der Waals surface area contributed by atoms with Gasteiger partial charge in [0.15, 0.2) is 0 Å². The number of fused-ring (bicyclic) bond motifs is 1. The van der Waals surface area contributed by atoms with Gasteiger partial charge in [-0.05, 0) is 76.2 Å². The molecule has 0 aromatic heterocycles. The van der Waals surface area contributed by atoms with E-state index in [-0.39, 0.29) is 5.04 Å². The summed E-state index contributed by atoms with van der Waals surface area (Å²) in [4.78, 5) is 0. The standard InChI is InChI=1S/C17H28BrNOSi/c1-12-11-19-8-7-13-9-15(18)16(10-14(12)13)20-21(5,6)17(2,3)4/h9-10,12,19H,7-8,11H2,1-6H3. The van der Waals surface area contributed by atoms with Crippen LogP contribution < -0.4 is 9.74 Å². The van der Waals surface area contributed by atoms with Crippen molar-refractivity contribution in [3.63, 3.8) is 0 Å². The Bertz CT molecular complexity index is 522. The molecule has 2 rings (SSSR count). The van der Waals surface area contributed by atoms with Gasteiger partial charge in [0, 0.05) is 6.54 Å². The van der Waals surface area contributed by atoms with Crippen LogP contribution in [0.15, 0.2) is 16.6 Å². The van der Waals surface area contributed by atoms with Gasteiger partial charge >= 0.3 is 0 Å². The fourth-order valence-corrected chi connectivity index (χ4v) is 4.09. The minimum absolute atomic E-state index is 0.215. The van der Waals surface area contributed by atoms with Crippen LogP contribution in [0.3, 0.4) is 0 Å². The van der Waals surface area contributed by atoms with E-state index in [1.54, 1.807) is 0 Å². The minimum atomic E-state index is -1.80. The average Bonchev–Trinajstić information content (AvgIpc) is 2.51. The summed E-state index contributed by atoms with van der Waals surface area (Å²) in [6.45, 7) is 15.9. The summed E-state index contributed by atoms with van der Waals surface area (Å²) in [6, 6.07) is 4.54. The van der Waals surface area contributed by atoms with Crippen LogP contribution in [0, 0.1) is 0 Å². The van der Waals surface area contributed by atoms with Crippen LogP contribution >= 0.6 is 15.9 Å². The molecule has 1 aliphatic rings. The molecule has 1 aliphatic heterocycles. The van der Waals surface area contributed by atoms with Gasteiger partial charge in [0.2, 0.25) is 0 Å². The van der Waals surface area contributed by atoms with E-state index in [1.807, 2.05) is 0 Å². The molecule has 0 fully saturated rings. The number of nitrogens with one attached hydrogen (secondary N) is 1. The monoisotopic (exact) mass is 369 g/mol. The van der Waals surface area contributed by atoms with Crippen LogP contribution in [-0.2, 0) is 6.42 Å². The summed E-state index contributed by atoms with van der Waals surface area (Å²) in [7, 11) is -1.80. The first-order valence-corrected chi connectivity index (χ1v) is 11.5. The Morgan fingerprint density at radius 1 is 1.29 bits per heavy atom. The normalized spacial score (nSPS) is 19.9. The highest BCUT2D eigenvalue weighted by atomic mass is 79.9. The first kappa shape index (κ1) is 17.0. The zero-order valence-electron chi connectivity index (χ0n) is 14.1. The van der Waals surface area contributed by atoms with Crippen LogP contribution in [-0.4, -0.2) is 21.4 Å². The van der Waals surface area contributed by atoms with Crippen LogP contribution in [0.1, 0.15) is 44.7 Å². The second kappa shape index (κ2) is 6.05. The third kappa shape index (κ3) is 3.72. The smallest absolute Gasteiger partial charge is 0.250 e. The van der Waals surface area contributed by atoms with E-state index in [1.165, 1.54) is 11.1 Å². The highest BCUT2D eigenvalue weighted by molar-refractivity contribution is 9.10. The van der Waals surface area contributed by atoms with Gasteiger partial charge < -0.3 is 9.74 Å². The van der Waals surface area contributed by atoms with E-state index in [0.717, 1.165) is 29.7 Å². The van der Waals surface area contributed by atoms with Gasteiger partial charge in [-0.25, -0.2) is 0 Å². The van der Waals surface area contributed by atoms with Gasteiger partial charge in [-0.3, -0.25) is 0 Å². The molecule has 0 aliphatic carbocycles. The van der Waals surface area contributed by atoms with Crippen molar-refractivity contribution in [2.24, 2.45) is 0 Å². The maximum absolute atomic E-state index is 6.52. The zero-order chi connectivity index (χ0) is 15.8. The summed E-state index contributed by atoms with van der Waals surface area (Å²) in [5.74, 6) is 1.56. The van der Waals surface area contributed by atoms with E-state index in [9.17, 15) is 0 Å². The fourth-order valence-electron chi connectivity index (χ4n) is 2.44. The molecule has 1 unspecified atom stereocenters. The quantitative estimate of drug-likeness (QED) is 0.733. The lowest BCUT2D eigenvalue weighted by molar-refractivity contribution is 0.488. The van der Waals surface area contributed by atoms with E-state index < -0.39 is 8.32 Å². The summed E-state index contributed by atoms with van der Waals surface area (Å²) in [5, 5.41) is 3.72. The van der Waals surface area contributed by atoms with Crippen molar-refractivity contribution in [2.45, 2.75) is 58.2 Å². The van der Waals surface area contributed by atoms with E-state index in [4.69, 9.17) is 4.43 Å². The molecule has 1 heterocycles. The number of benzene rings is 1. The molecule has 1 aromatic carbocycles.